The van der Waals surface area contributed by atoms with Gasteiger partial charge in [-0.3, -0.25) is 4.79 Å². The molecule has 1 heterocycles. The average molecular weight is 254 g/mol. The Labute approximate surface area is 99.9 Å². The van der Waals surface area contributed by atoms with E-state index < -0.39 is 21.0 Å². The maximum absolute atomic E-state index is 12.2. The number of aryl methyl sites for hydroxylation is 1. The zero-order chi connectivity index (χ0) is 12.6. The van der Waals surface area contributed by atoms with Gasteiger partial charge in [0.2, 0.25) is 5.91 Å². The van der Waals surface area contributed by atoms with E-state index in [2.05, 4.69) is 5.32 Å². The number of rotatable bonds is 2. The fourth-order valence-corrected chi connectivity index (χ4v) is 3.83. The Hall–Kier alpha value is -1.40. The van der Waals surface area contributed by atoms with Gasteiger partial charge in [0.05, 0.1) is 10.6 Å². The van der Waals surface area contributed by atoms with E-state index in [4.69, 9.17) is 5.73 Å². The van der Waals surface area contributed by atoms with Crippen molar-refractivity contribution in [2.75, 3.05) is 11.9 Å². The molecule has 1 aromatic rings. The summed E-state index contributed by atoms with van der Waals surface area (Å²) in [6.45, 7) is 1.93. The number of hydrogen-bond acceptors (Lipinski definition) is 4. The van der Waals surface area contributed by atoms with Gasteiger partial charge in [-0.1, -0.05) is 12.1 Å². The van der Waals surface area contributed by atoms with E-state index in [-0.39, 0.29) is 17.9 Å². The van der Waals surface area contributed by atoms with Crippen LogP contribution in [-0.2, 0) is 14.6 Å². The van der Waals surface area contributed by atoms with E-state index >= 15 is 0 Å². The van der Waals surface area contributed by atoms with E-state index in [0.29, 0.717) is 5.69 Å². The smallest absolute Gasteiger partial charge is 0.243 e. The van der Waals surface area contributed by atoms with Gasteiger partial charge in [0.15, 0.2) is 9.84 Å². The molecule has 0 radical (unpaired) electrons. The number of fused-ring (bicyclic) bond motifs is 1. The zero-order valence-electron chi connectivity index (χ0n) is 9.43. The number of hydrogen-bond donors (Lipinski definition) is 2. The highest BCUT2D eigenvalue weighted by molar-refractivity contribution is 7.93. The molecule has 17 heavy (non-hydrogen) atoms. The van der Waals surface area contributed by atoms with E-state index in [1.54, 1.807) is 19.1 Å². The molecule has 0 fully saturated rings. The van der Waals surface area contributed by atoms with Crippen molar-refractivity contribution >= 4 is 21.4 Å². The maximum Gasteiger partial charge on any atom is 0.243 e. The number of nitrogens with two attached hydrogens (primary N) is 1. The molecule has 3 N–H and O–H groups in total. The molecule has 1 amide bonds. The van der Waals surface area contributed by atoms with Crippen LogP contribution in [0, 0.1) is 6.92 Å². The highest BCUT2D eigenvalue weighted by atomic mass is 32.2. The van der Waals surface area contributed by atoms with Gasteiger partial charge in [-0.25, -0.2) is 8.42 Å². The number of amides is 1. The summed E-state index contributed by atoms with van der Waals surface area (Å²) < 4.78 is 24.5. The van der Waals surface area contributed by atoms with Crippen LogP contribution in [-0.4, -0.2) is 26.1 Å². The number of carbonyl (C=O) groups is 1. The Kier molecular flexibility index (Phi) is 2.92. The number of sulfone groups is 1. The van der Waals surface area contributed by atoms with Gasteiger partial charge in [-0.15, -0.1) is 0 Å². The van der Waals surface area contributed by atoms with Crippen LogP contribution in [0.2, 0.25) is 0 Å². The minimum atomic E-state index is -3.61. The van der Waals surface area contributed by atoms with Crippen molar-refractivity contribution in [2.45, 2.75) is 23.5 Å². The second kappa shape index (κ2) is 4.12. The lowest BCUT2D eigenvalue weighted by Crippen LogP contribution is -2.41. The summed E-state index contributed by atoms with van der Waals surface area (Å²) in [5.41, 5.74) is 6.48. The van der Waals surface area contributed by atoms with Crippen LogP contribution in [0.15, 0.2) is 23.1 Å². The predicted molar refractivity (Wildman–Crippen MR) is 64.5 cm³/mol. The van der Waals surface area contributed by atoms with Crippen molar-refractivity contribution in [3.63, 3.8) is 0 Å². The summed E-state index contributed by atoms with van der Waals surface area (Å²) in [6, 6.07) is 4.95. The van der Waals surface area contributed by atoms with Gasteiger partial charge in [0.25, 0.3) is 0 Å². The number of carbonyl (C=O) groups excluding carboxylic acids is 1. The van der Waals surface area contributed by atoms with Gasteiger partial charge in [0.1, 0.15) is 5.25 Å². The minimum absolute atomic E-state index is 0.140. The molecule has 0 aromatic heterocycles. The van der Waals surface area contributed by atoms with Crippen molar-refractivity contribution in [1.82, 2.24) is 0 Å². The molecule has 6 heteroatoms. The van der Waals surface area contributed by atoms with Crippen molar-refractivity contribution in [1.29, 1.82) is 0 Å². The van der Waals surface area contributed by atoms with Crippen molar-refractivity contribution in [3.05, 3.63) is 23.8 Å². The van der Waals surface area contributed by atoms with Crippen LogP contribution in [0.4, 0.5) is 5.69 Å². The molecule has 1 unspecified atom stereocenters. The van der Waals surface area contributed by atoms with Crippen LogP contribution >= 0.6 is 0 Å². The molecule has 1 aliphatic rings. The highest BCUT2D eigenvalue weighted by Crippen LogP contribution is 2.33. The summed E-state index contributed by atoms with van der Waals surface area (Å²) in [7, 11) is -3.61. The van der Waals surface area contributed by atoms with Crippen LogP contribution < -0.4 is 11.1 Å². The first-order chi connectivity index (χ1) is 7.98. The van der Waals surface area contributed by atoms with Gasteiger partial charge >= 0.3 is 0 Å². The molecule has 2 rings (SSSR count). The number of para-hydroxylation sites is 1. The number of nitrogens with one attached hydrogen (secondary N) is 1. The molecular weight excluding hydrogens is 240 g/mol. The zero-order valence-corrected chi connectivity index (χ0v) is 10.3. The molecule has 1 aliphatic heterocycles. The highest BCUT2D eigenvalue weighted by Gasteiger charge is 2.39. The van der Waals surface area contributed by atoms with E-state index in [1.165, 1.54) is 6.07 Å². The molecule has 0 saturated heterocycles. The Balaban J connectivity index is 2.62. The van der Waals surface area contributed by atoms with Crippen molar-refractivity contribution < 1.29 is 13.2 Å². The number of anilines is 1. The normalized spacial score (nSPS) is 21.8. The molecule has 92 valence electrons. The molecule has 0 aliphatic carbocycles. The second-order valence-electron chi connectivity index (χ2n) is 4.05. The minimum Gasteiger partial charge on any atom is -0.330 e. The standard InChI is InChI=1S/C11H14N2O3S/c1-7-3-2-4-8-10(7)13-11(14)9(5-6-12)17(8,15)16/h2-4,9H,5-6,12H2,1H3,(H,13,14). The monoisotopic (exact) mass is 254 g/mol. The molecule has 0 saturated carbocycles. The second-order valence-corrected chi connectivity index (χ2v) is 6.15. The predicted octanol–water partition coefficient (Wildman–Crippen LogP) is 0.438. The molecule has 1 aromatic carbocycles. The van der Waals surface area contributed by atoms with E-state index in [1.807, 2.05) is 0 Å². The topological polar surface area (TPSA) is 89.3 Å². The third-order valence-corrected chi connectivity index (χ3v) is 5.04. The quantitative estimate of drug-likeness (QED) is 0.801. The summed E-state index contributed by atoms with van der Waals surface area (Å²) in [5.74, 6) is -0.489. The largest absolute Gasteiger partial charge is 0.330 e. The first-order valence-electron chi connectivity index (χ1n) is 5.33. The molecule has 5 nitrogen and oxygen atoms in total. The Morgan fingerprint density at radius 2 is 2.12 bits per heavy atom. The fraction of sp³-hybridized carbons (Fsp3) is 0.364. The lowest BCUT2D eigenvalue weighted by atomic mass is 10.2. The summed E-state index contributed by atoms with van der Waals surface area (Å²) in [5, 5.41) is 1.58. The third kappa shape index (κ3) is 1.83. The Morgan fingerprint density at radius 1 is 1.41 bits per heavy atom. The van der Waals surface area contributed by atoms with Gasteiger partial charge in [0, 0.05) is 0 Å². The van der Waals surface area contributed by atoms with E-state index in [0.717, 1.165) is 5.56 Å². The first kappa shape index (κ1) is 12.1. The molecular formula is C11H14N2O3S. The van der Waals surface area contributed by atoms with Gasteiger partial charge in [-0.05, 0) is 31.5 Å². The van der Waals surface area contributed by atoms with Crippen LogP contribution in [0.1, 0.15) is 12.0 Å². The SMILES string of the molecule is Cc1cccc2c1NC(=O)C(CCN)S2(=O)=O. The molecule has 1 atom stereocenters. The van der Waals surface area contributed by atoms with Gasteiger partial charge < -0.3 is 11.1 Å². The van der Waals surface area contributed by atoms with Crippen molar-refractivity contribution in [3.8, 4) is 0 Å². The van der Waals surface area contributed by atoms with Gasteiger partial charge in [-0.2, -0.15) is 0 Å². The van der Waals surface area contributed by atoms with Crippen LogP contribution in [0.5, 0.6) is 0 Å². The fourth-order valence-electron chi connectivity index (χ4n) is 1.97. The Bertz CT molecular complexity index is 566. The Morgan fingerprint density at radius 3 is 2.76 bits per heavy atom. The van der Waals surface area contributed by atoms with Crippen LogP contribution in [0.3, 0.4) is 0 Å². The molecule has 0 spiro atoms. The molecule has 0 bridgehead atoms. The average Bonchev–Trinajstić information content (AvgIpc) is 2.26. The van der Waals surface area contributed by atoms with E-state index in [9.17, 15) is 13.2 Å². The lowest BCUT2D eigenvalue weighted by Gasteiger charge is -2.25. The third-order valence-electron chi connectivity index (χ3n) is 2.89. The summed E-state index contributed by atoms with van der Waals surface area (Å²) in [6.07, 6.45) is 0.140. The first-order valence-corrected chi connectivity index (χ1v) is 6.87. The summed E-state index contributed by atoms with van der Waals surface area (Å²) >= 11 is 0. The lowest BCUT2D eigenvalue weighted by molar-refractivity contribution is -0.116. The summed E-state index contributed by atoms with van der Waals surface area (Å²) in [4.78, 5) is 12.0. The number of benzene rings is 1. The van der Waals surface area contributed by atoms with Crippen LogP contribution in [0.25, 0.3) is 0 Å². The van der Waals surface area contributed by atoms with Crippen molar-refractivity contribution in [2.24, 2.45) is 5.73 Å². The maximum atomic E-state index is 12.2.